The molecule has 0 fully saturated rings. The summed E-state index contributed by atoms with van der Waals surface area (Å²) < 4.78 is 0. The van der Waals surface area contributed by atoms with Crippen LogP contribution in [0.3, 0.4) is 0 Å². The monoisotopic (exact) mass is 261 g/mol. The first kappa shape index (κ1) is 12.7. The van der Waals surface area contributed by atoms with E-state index in [-0.39, 0.29) is 6.04 Å². The Hall–Kier alpha value is -1.74. The first-order chi connectivity index (χ1) is 8.58. The molecular weight excluding hydrogens is 246 g/mol. The molecule has 2 rings (SSSR count). The lowest BCUT2D eigenvalue weighted by Gasteiger charge is -2.27. The topological polar surface area (TPSA) is 42.1 Å². The molecule has 2 N–H and O–H groups in total. The second-order valence-corrected chi connectivity index (χ2v) is 4.72. The van der Waals surface area contributed by atoms with E-state index in [4.69, 9.17) is 17.3 Å². The van der Waals surface area contributed by atoms with Crippen molar-refractivity contribution in [3.63, 3.8) is 0 Å². The van der Waals surface area contributed by atoms with Crippen molar-refractivity contribution in [2.24, 2.45) is 0 Å². The van der Waals surface area contributed by atoms with E-state index in [1.165, 1.54) is 5.56 Å². The van der Waals surface area contributed by atoms with Crippen LogP contribution >= 0.6 is 11.6 Å². The number of halogens is 1. The van der Waals surface area contributed by atoms with Crippen molar-refractivity contribution < 1.29 is 0 Å². The minimum absolute atomic E-state index is 0.243. The van der Waals surface area contributed by atoms with E-state index >= 15 is 0 Å². The number of nitrogens with zero attached hydrogens (tertiary/aromatic N) is 2. The molecule has 18 heavy (non-hydrogen) atoms. The van der Waals surface area contributed by atoms with Crippen LogP contribution in [0, 0.1) is 0 Å². The first-order valence-electron chi connectivity index (χ1n) is 5.78. The molecule has 1 unspecified atom stereocenters. The van der Waals surface area contributed by atoms with E-state index in [0.29, 0.717) is 5.82 Å². The van der Waals surface area contributed by atoms with Gasteiger partial charge in [0.25, 0.3) is 0 Å². The second-order valence-electron chi connectivity index (χ2n) is 4.28. The molecule has 0 bridgehead atoms. The molecule has 3 nitrogen and oxygen atoms in total. The van der Waals surface area contributed by atoms with E-state index in [9.17, 15) is 0 Å². The molecule has 94 valence electrons. The highest BCUT2D eigenvalue weighted by atomic mass is 35.5. The highest BCUT2D eigenvalue weighted by molar-refractivity contribution is 6.30. The number of benzene rings is 1. The molecule has 1 heterocycles. The summed E-state index contributed by atoms with van der Waals surface area (Å²) in [6, 6.07) is 11.9. The van der Waals surface area contributed by atoms with Crippen molar-refractivity contribution in [2.45, 2.75) is 13.0 Å². The van der Waals surface area contributed by atoms with Crippen molar-refractivity contribution in [3.05, 3.63) is 53.2 Å². The summed E-state index contributed by atoms with van der Waals surface area (Å²) in [5.41, 5.74) is 7.83. The maximum atomic E-state index is 5.89. The summed E-state index contributed by atoms with van der Waals surface area (Å²) in [5, 5.41) is 0.753. The van der Waals surface area contributed by atoms with Crippen LogP contribution in [0.5, 0.6) is 0 Å². The number of aromatic nitrogens is 1. The Morgan fingerprint density at radius 3 is 2.39 bits per heavy atom. The molecule has 0 aliphatic rings. The molecule has 4 heteroatoms. The summed E-state index contributed by atoms with van der Waals surface area (Å²) >= 11 is 5.89. The molecule has 0 aliphatic heterocycles. The minimum atomic E-state index is 0.243. The maximum Gasteiger partial charge on any atom is 0.123 e. The molecule has 1 atom stereocenters. The Morgan fingerprint density at radius 2 is 1.83 bits per heavy atom. The lowest BCUT2D eigenvalue weighted by atomic mass is 10.1. The third kappa shape index (κ3) is 2.74. The number of hydrogen-bond donors (Lipinski definition) is 1. The van der Waals surface area contributed by atoms with Gasteiger partial charge in [-0.05, 0) is 36.8 Å². The van der Waals surface area contributed by atoms with Crippen molar-refractivity contribution >= 4 is 23.1 Å². The average molecular weight is 262 g/mol. The van der Waals surface area contributed by atoms with E-state index in [1.807, 2.05) is 37.4 Å². The van der Waals surface area contributed by atoms with E-state index in [2.05, 4.69) is 16.8 Å². The van der Waals surface area contributed by atoms with Gasteiger partial charge in [-0.15, -0.1) is 0 Å². The molecule has 0 saturated carbocycles. The lowest BCUT2D eigenvalue weighted by Crippen LogP contribution is -2.21. The molecule has 1 aromatic carbocycles. The lowest BCUT2D eigenvalue weighted by molar-refractivity contribution is 0.738. The third-order valence-corrected chi connectivity index (χ3v) is 3.36. The van der Waals surface area contributed by atoms with E-state index in [0.717, 1.165) is 10.7 Å². The van der Waals surface area contributed by atoms with Gasteiger partial charge in [-0.2, -0.15) is 0 Å². The van der Waals surface area contributed by atoms with Crippen LogP contribution in [0.15, 0.2) is 42.6 Å². The molecule has 0 saturated heterocycles. The van der Waals surface area contributed by atoms with Crippen LogP contribution in [0.25, 0.3) is 0 Å². The second kappa shape index (κ2) is 5.27. The maximum absolute atomic E-state index is 5.89. The Morgan fingerprint density at radius 1 is 1.17 bits per heavy atom. The molecule has 1 aromatic heterocycles. The van der Waals surface area contributed by atoms with Crippen LogP contribution in [0.2, 0.25) is 5.02 Å². The van der Waals surface area contributed by atoms with Crippen molar-refractivity contribution in [1.29, 1.82) is 0 Å². The van der Waals surface area contributed by atoms with Gasteiger partial charge in [0.05, 0.1) is 17.9 Å². The third-order valence-electron chi connectivity index (χ3n) is 3.11. The largest absolute Gasteiger partial charge is 0.384 e. The van der Waals surface area contributed by atoms with Gasteiger partial charge in [0.15, 0.2) is 0 Å². The molecular formula is C14H16ClN3. The summed E-state index contributed by atoms with van der Waals surface area (Å²) in [5.74, 6) is 0.534. The summed E-state index contributed by atoms with van der Waals surface area (Å²) in [4.78, 5) is 6.25. The standard InChI is InChI=1S/C14H16ClN3/c1-10(11-3-5-12(15)6-4-11)18(2)13-7-8-14(16)17-9-13/h3-10H,1-2H3,(H2,16,17). The van der Waals surface area contributed by atoms with Crippen LogP contribution in [-0.4, -0.2) is 12.0 Å². The fourth-order valence-electron chi connectivity index (χ4n) is 1.79. The Balaban J connectivity index is 2.20. The van der Waals surface area contributed by atoms with Gasteiger partial charge < -0.3 is 10.6 Å². The molecule has 0 spiro atoms. The molecule has 2 aromatic rings. The number of nitrogen functional groups attached to an aromatic ring is 1. The minimum Gasteiger partial charge on any atom is -0.384 e. The van der Waals surface area contributed by atoms with Crippen molar-refractivity contribution in [2.75, 3.05) is 17.7 Å². The fourth-order valence-corrected chi connectivity index (χ4v) is 1.92. The number of rotatable bonds is 3. The normalized spacial score (nSPS) is 12.2. The Labute approximate surface area is 112 Å². The first-order valence-corrected chi connectivity index (χ1v) is 6.15. The quantitative estimate of drug-likeness (QED) is 0.919. The van der Waals surface area contributed by atoms with Gasteiger partial charge in [0.2, 0.25) is 0 Å². The van der Waals surface area contributed by atoms with Gasteiger partial charge >= 0.3 is 0 Å². The predicted molar refractivity (Wildman–Crippen MR) is 76.9 cm³/mol. The zero-order valence-corrected chi connectivity index (χ0v) is 11.2. The van der Waals surface area contributed by atoms with Crippen LogP contribution in [0.1, 0.15) is 18.5 Å². The molecule has 0 radical (unpaired) electrons. The highest BCUT2D eigenvalue weighted by Crippen LogP contribution is 2.25. The zero-order chi connectivity index (χ0) is 13.1. The smallest absolute Gasteiger partial charge is 0.123 e. The van der Waals surface area contributed by atoms with Gasteiger partial charge in [0.1, 0.15) is 5.82 Å². The predicted octanol–water partition coefficient (Wildman–Crippen LogP) is 3.51. The number of hydrogen-bond acceptors (Lipinski definition) is 3. The summed E-state index contributed by atoms with van der Waals surface area (Å²) in [6.07, 6.45) is 1.78. The van der Waals surface area contributed by atoms with Gasteiger partial charge in [0, 0.05) is 12.1 Å². The number of nitrogens with two attached hydrogens (primary N) is 1. The number of anilines is 2. The van der Waals surface area contributed by atoms with Gasteiger partial charge in [-0.1, -0.05) is 23.7 Å². The Kier molecular flexibility index (Phi) is 3.72. The molecule has 0 amide bonds. The molecule has 0 aliphatic carbocycles. The SMILES string of the molecule is CC(c1ccc(Cl)cc1)N(C)c1ccc(N)nc1. The Bertz CT molecular complexity index is 458. The zero-order valence-electron chi connectivity index (χ0n) is 10.5. The van der Waals surface area contributed by atoms with Crippen LogP contribution < -0.4 is 10.6 Å². The highest BCUT2D eigenvalue weighted by Gasteiger charge is 2.12. The van der Waals surface area contributed by atoms with Crippen molar-refractivity contribution in [1.82, 2.24) is 4.98 Å². The fraction of sp³-hybridized carbons (Fsp3) is 0.214. The van der Waals surface area contributed by atoms with Gasteiger partial charge in [-0.25, -0.2) is 4.98 Å². The average Bonchev–Trinajstić information content (AvgIpc) is 2.39. The van der Waals surface area contributed by atoms with Crippen LogP contribution in [0.4, 0.5) is 11.5 Å². The van der Waals surface area contributed by atoms with E-state index < -0.39 is 0 Å². The van der Waals surface area contributed by atoms with Crippen molar-refractivity contribution in [3.8, 4) is 0 Å². The summed E-state index contributed by atoms with van der Waals surface area (Å²) in [7, 11) is 2.03. The van der Waals surface area contributed by atoms with Crippen LogP contribution in [-0.2, 0) is 0 Å². The van der Waals surface area contributed by atoms with E-state index in [1.54, 1.807) is 12.3 Å². The number of pyridine rings is 1. The van der Waals surface area contributed by atoms with Gasteiger partial charge in [-0.3, -0.25) is 0 Å². The summed E-state index contributed by atoms with van der Waals surface area (Å²) in [6.45, 7) is 2.14.